The standard InChI is InChI=1S/C19H24N4O3/c1-13-5-4-6-16(15(13)3)20-18(24)12-22-7-9-23(10-8-22)19(25)17-11-14(2)26-21-17/h4-6,11H,7-10,12H2,1-3H3,(H,20,24). The van der Waals surface area contributed by atoms with E-state index in [0.29, 0.717) is 44.2 Å². The highest BCUT2D eigenvalue weighted by atomic mass is 16.5. The van der Waals surface area contributed by atoms with Crippen LogP contribution in [0, 0.1) is 20.8 Å². The molecule has 7 heteroatoms. The summed E-state index contributed by atoms with van der Waals surface area (Å²) in [7, 11) is 0. The first-order chi connectivity index (χ1) is 12.4. The smallest absolute Gasteiger partial charge is 0.276 e. The van der Waals surface area contributed by atoms with E-state index in [9.17, 15) is 9.59 Å². The van der Waals surface area contributed by atoms with Gasteiger partial charge in [0.2, 0.25) is 5.91 Å². The molecule has 26 heavy (non-hydrogen) atoms. The molecule has 2 heterocycles. The fourth-order valence-electron chi connectivity index (χ4n) is 3.02. The molecule has 0 saturated carbocycles. The van der Waals surface area contributed by atoms with Crippen LogP contribution in [0.4, 0.5) is 5.69 Å². The van der Waals surface area contributed by atoms with Crippen molar-refractivity contribution >= 4 is 17.5 Å². The van der Waals surface area contributed by atoms with Gasteiger partial charge in [-0.25, -0.2) is 0 Å². The van der Waals surface area contributed by atoms with Crippen LogP contribution in [-0.4, -0.2) is 59.5 Å². The second-order valence-electron chi connectivity index (χ2n) is 6.69. The Labute approximate surface area is 152 Å². The predicted molar refractivity (Wildman–Crippen MR) is 98.1 cm³/mol. The normalized spacial score (nSPS) is 15.1. The van der Waals surface area contributed by atoms with Crippen LogP contribution in [0.3, 0.4) is 0 Å². The zero-order chi connectivity index (χ0) is 18.7. The molecule has 1 aromatic heterocycles. The van der Waals surface area contributed by atoms with Gasteiger partial charge in [0, 0.05) is 37.9 Å². The zero-order valence-corrected chi connectivity index (χ0v) is 15.4. The Kier molecular flexibility index (Phi) is 5.37. The Hall–Kier alpha value is -2.67. The summed E-state index contributed by atoms with van der Waals surface area (Å²) in [5.74, 6) is 0.460. The zero-order valence-electron chi connectivity index (χ0n) is 15.4. The topological polar surface area (TPSA) is 78.7 Å². The predicted octanol–water partition coefficient (Wildman–Crippen LogP) is 2.00. The number of amides is 2. The molecule has 0 bridgehead atoms. The highest BCUT2D eigenvalue weighted by molar-refractivity contribution is 5.93. The summed E-state index contributed by atoms with van der Waals surface area (Å²) >= 11 is 0. The summed E-state index contributed by atoms with van der Waals surface area (Å²) in [5, 5.41) is 6.75. The van der Waals surface area contributed by atoms with Gasteiger partial charge in [-0.05, 0) is 38.0 Å². The number of hydrogen-bond donors (Lipinski definition) is 1. The van der Waals surface area contributed by atoms with Gasteiger partial charge in [-0.15, -0.1) is 0 Å². The number of carbonyl (C=O) groups is 2. The second-order valence-corrected chi connectivity index (χ2v) is 6.69. The maximum atomic E-state index is 12.4. The van der Waals surface area contributed by atoms with E-state index in [0.717, 1.165) is 16.8 Å². The minimum absolute atomic E-state index is 0.0365. The lowest BCUT2D eigenvalue weighted by atomic mass is 10.1. The second kappa shape index (κ2) is 7.70. The Balaban J connectivity index is 1.50. The van der Waals surface area contributed by atoms with Gasteiger partial charge < -0.3 is 14.7 Å². The Morgan fingerprint density at radius 2 is 1.88 bits per heavy atom. The number of nitrogens with zero attached hydrogens (tertiary/aromatic N) is 3. The third-order valence-corrected chi connectivity index (χ3v) is 4.75. The maximum absolute atomic E-state index is 12.4. The molecule has 3 rings (SSSR count). The van der Waals surface area contributed by atoms with Crippen LogP contribution in [0.5, 0.6) is 0 Å². The average Bonchev–Trinajstić information content (AvgIpc) is 3.05. The molecule has 1 aliphatic heterocycles. The number of anilines is 1. The van der Waals surface area contributed by atoms with Crippen molar-refractivity contribution in [1.82, 2.24) is 15.0 Å². The van der Waals surface area contributed by atoms with Crippen molar-refractivity contribution in [3.05, 3.63) is 46.8 Å². The Morgan fingerprint density at radius 1 is 1.15 bits per heavy atom. The fourth-order valence-corrected chi connectivity index (χ4v) is 3.02. The van der Waals surface area contributed by atoms with Crippen molar-refractivity contribution in [2.24, 2.45) is 0 Å². The number of benzene rings is 1. The van der Waals surface area contributed by atoms with E-state index < -0.39 is 0 Å². The molecular weight excluding hydrogens is 332 g/mol. The van der Waals surface area contributed by atoms with Crippen LogP contribution in [0.2, 0.25) is 0 Å². The average molecular weight is 356 g/mol. The van der Waals surface area contributed by atoms with Gasteiger partial charge in [0.05, 0.1) is 6.54 Å². The van der Waals surface area contributed by atoms with Gasteiger partial charge in [-0.2, -0.15) is 0 Å². The first-order valence-corrected chi connectivity index (χ1v) is 8.75. The fraction of sp³-hybridized carbons (Fsp3) is 0.421. The molecule has 1 aliphatic rings. The molecule has 7 nitrogen and oxygen atoms in total. The summed E-state index contributed by atoms with van der Waals surface area (Å²) in [6.45, 7) is 8.56. The largest absolute Gasteiger partial charge is 0.361 e. The van der Waals surface area contributed by atoms with E-state index >= 15 is 0 Å². The van der Waals surface area contributed by atoms with Crippen molar-refractivity contribution in [2.45, 2.75) is 20.8 Å². The Morgan fingerprint density at radius 3 is 2.54 bits per heavy atom. The number of nitrogens with one attached hydrogen (secondary N) is 1. The molecule has 2 amide bonds. The molecule has 0 radical (unpaired) electrons. The van der Waals surface area contributed by atoms with E-state index in [-0.39, 0.29) is 11.8 Å². The third kappa shape index (κ3) is 4.11. The first kappa shape index (κ1) is 18.1. The van der Waals surface area contributed by atoms with Crippen molar-refractivity contribution in [3.8, 4) is 0 Å². The SMILES string of the molecule is Cc1cc(C(=O)N2CCN(CC(=O)Nc3cccc(C)c3C)CC2)no1. The van der Waals surface area contributed by atoms with Gasteiger partial charge in [0.15, 0.2) is 5.69 Å². The van der Waals surface area contributed by atoms with Crippen LogP contribution in [0.15, 0.2) is 28.8 Å². The summed E-state index contributed by atoms with van der Waals surface area (Å²) in [4.78, 5) is 28.5. The monoisotopic (exact) mass is 356 g/mol. The summed E-state index contributed by atoms with van der Waals surface area (Å²) in [5.41, 5.74) is 3.42. The number of piperazine rings is 1. The number of hydrogen-bond acceptors (Lipinski definition) is 5. The van der Waals surface area contributed by atoms with Crippen molar-refractivity contribution in [2.75, 3.05) is 38.0 Å². The van der Waals surface area contributed by atoms with E-state index in [1.54, 1.807) is 17.9 Å². The lowest BCUT2D eigenvalue weighted by Crippen LogP contribution is -2.50. The van der Waals surface area contributed by atoms with Crippen LogP contribution in [0.1, 0.15) is 27.4 Å². The molecule has 1 N–H and O–H groups in total. The molecule has 0 aliphatic carbocycles. The van der Waals surface area contributed by atoms with E-state index in [1.165, 1.54) is 0 Å². The number of aromatic nitrogens is 1. The molecule has 1 aromatic carbocycles. The molecule has 138 valence electrons. The minimum atomic E-state index is -0.124. The third-order valence-electron chi connectivity index (χ3n) is 4.75. The van der Waals surface area contributed by atoms with Crippen LogP contribution in [-0.2, 0) is 4.79 Å². The molecule has 0 unspecified atom stereocenters. The van der Waals surface area contributed by atoms with Gasteiger partial charge in [-0.3, -0.25) is 14.5 Å². The quantitative estimate of drug-likeness (QED) is 0.906. The minimum Gasteiger partial charge on any atom is -0.361 e. The van der Waals surface area contributed by atoms with Gasteiger partial charge in [0.25, 0.3) is 5.91 Å². The summed E-state index contributed by atoms with van der Waals surface area (Å²) in [6.07, 6.45) is 0. The molecule has 0 spiro atoms. The highest BCUT2D eigenvalue weighted by Crippen LogP contribution is 2.18. The van der Waals surface area contributed by atoms with Crippen molar-refractivity contribution in [3.63, 3.8) is 0 Å². The van der Waals surface area contributed by atoms with Crippen molar-refractivity contribution in [1.29, 1.82) is 0 Å². The van der Waals surface area contributed by atoms with E-state index in [4.69, 9.17) is 4.52 Å². The number of rotatable bonds is 4. The van der Waals surface area contributed by atoms with Crippen molar-refractivity contribution < 1.29 is 14.1 Å². The Bertz CT molecular complexity index is 807. The maximum Gasteiger partial charge on any atom is 0.276 e. The van der Waals surface area contributed by atoms with Crippen LogP contribution >= 0.6 is 0 Å². The number of aryl methyl sites for hydroxylation is 2. The molecule has 2 aromatic rings. The molecule has 0 atom stereocenters. The van der Waals surface area contributed by atoms with E-state index in [1.807, 2.05) is 32.0 Å². The van der Waals surface area contributed by atoms with Gasteiger partial charge in [0.1, 0.15) is 5.76 Å². The number of carbonyl (C=O) groups excluding carboxylic acids is 2. The van der Waals surface area contributed by atoms with Crippen LogP contribution < -0.4 is 5.32 Å². The molecule has 1 fully saturated rings. The lowest BCUT2D eigenvalue weighted by molar-refractivity contribution is -0.117. The molecule has 1 saturated heterocycles. The lowest BCUT2D eigenvalue weighted by Gasteiger charge is -2.33. The van der Waals surface area contributed by atoms with E-state index in [2.05, 4.69) is 15.4 Å². The van der Waals surface area contributed by atoms with Crippen LogP contribution in [0.25, 0.3) is 0 Å². The highest BCUT2D eigenvalue weighted by Gasteiger charge is 2.25. The molecular formula is C19H24N4O3. The van der Waals surface area contributed by atoms with Gasteiger partial charge in [-0.1, -0.05) is 17.3 Å². The summed E-state index contributed by atoms with van der Waals surface area (Å²) in [6, 6.07) is 7.52. The van der Waals surface area contributed by atoms with Gasteiger partial charge >= 0.3 is 0 Å². The summed E-state index contributed by atoms with van der Waals surface area (Å²) < 4.78 is 4.96. The first-order valence-electron chi connectivity index (χ1n) is 8.75.